The molecule has 1 N–H and O–H groups in total. The van der Waals surface area contributed by atoms with Crippen molar-refractivity contribution in [3.05, 3.63) is 119 Å². The van der Waals surface area contributed by atoms with Crippen LogP contribution in [0.3, 0.4) is 0 Å². The molecule has 0 unspecified atom stereocenters. The molecule has 5 rings (SSSR count). The lowest BCUT2D eigenvalue weighted by Gasteiger charge is -2.29. The third-order valence-corrected chi connectivity index (χ3v) is 7.22. The van der Waals surface area contributed by atoms with Gasteiger partial charge in [0.2, 0.25) is 0 Å². The summed E-state index contributed by atoms with van der Waals surface area (Å²) in [4.78, 5) is 28.0. The van der Waals surface area contributed by atoms with Crippen molar-refractivity contribution in [2.24, 2.45) is 0 Å². The van der Waals surface area contributed by atoms with Gasteiger partial charge in [-0.1, -0.05) is 42.5 Å². The number of carbonyl (C=O) groups is 2. The normalized spacial score (nSPS) is 12.7. The zero-order chi connectivity index (χ0) is 28.6. The third kappa shape index (κ3) is 6.94. The monoisotopic (exact) mass is 550 g/mol. The molecule has 210 valence electrons. The summed E-state index contributed by atoms with van der Waals surface area (Å²) in [7, 11) is 3.33. The Morgan fingerprint density at radius 2 is 1.46 bits per heavy atom. The summed E-state index contributed by atoms with van der Waals surface area (Å²) in [5.74, 6) is 1.90. The number of hydrogen-bond donors (Lipinski definition) is 1. The number of ketones is 1. The minimum absolute atomic E-state index is 0.118. The van der Waals surface area contributed by atoms with E-state index in [1.54, 1.807) is 50.6 Å². The average Bonchev–Trinajstić information content (AvgIpc) is 3.03. The highest BCUT2D eigenvalue weighted by Gasteiger charge is 2.19. The van der Waals surface area contributed by atoms with E-state index in [9.17, 15) is 9.59 Å². The van der Waals surface area contributed by atoms with Crippen LogP contribution < -0.4 is 19.5 Å². The Morgan fingerprint density at radius 1 is 0.780 bits per heavy atom. The SMILES string of the molecule is COc1cc2c(cc1OC)CN(CCCOc1ccc(NC(=O)c3cccc(C(=O)c4ccccc4)c3)cc1)CC2. The molecule has 0 saturated carbocycles. The van der Waals surface area contributed by atoms with Crippen molar-refractivity contribution in [1.29, 1.82) is 0 Å². The summed E-state index contributed by atoms with van der Waals surface area (Å²) in [5, 5.41) is 2.90. The second kappa shape index (κ2) is 13.2. The predicted octanol–water partition coefficient (Wildman–Crippen LogP) is 6.01. The molecule has 0 spiro atoms. The number of nitrogens with one attached hydrogen (secondary N) is 1. The number of anilines is 1. The molecular formula is C34H34N2O5. The summed E-state index contributed by atoms with van der Waals surface area (Å²) >= 11 is 0. The minimum Gasteiger partial charge on any atom is -0.494 e. The van der Waals surface area contributed by atoms with Gasteiger partial charge in [-0.05, 0) is 72.5 Å². The van der Waals surface area contributed by atoms with E-state index in [4.69, 9.17) is 14.2 Å². The molecule has 7 heteroatoms. The molecular weight excluding hydrogens is 516 g/mol. The van der Waals surface area contributed by atoms with E-state index in [0.29, 0.717) is 29.0 Å². The highest BCUT2D eigenvalue weighted by atomic mass is 16.5. The maximum absolute atomic E-state index is 12.8. The van der Waals surface area contributed by atoms with Crippen LogP contribution in [0, 0.1) is 0 Å². The Hall–Kier alpha value is -4.62. The smallest absolute Gasteiger partial charge is 0.255 e. The average molecular weight is 551 g/mol. The van der Waals surface area contributed by atoms with Gasteiger partial charge in [-0.25, -0.2) is 0 Å². The lowest BCUT2D eigenvalue weighted by molar-refractivity contribution is 0.102. The number of amides is 1. The van der Waals surface area contributed by atoms with Gasteiger partial charge in [-0.2, -0.15) is 0 Å². The van der Waals surface area contributed by atoms with Crippen LogP contribution in [0.2, 0.25) is 0 Å². The fourth-order valence-electron chi connectivity index (χ4n) is 5.01. The molecule has 0 saturated heterocycles. The number of methoxy groups -OCH3 is 2. The maximum atomic E-state index is 12.8. The number of benzene rings is 4. The molecule has 0 aliphatic carbocycles. The van der Waals surface area contributed by atoms with Gasteiger partial charge in [0.05, 0.1) is 20.8 Å². The van der Waals surface area contributed by atoms with Gasteiger partial charge in [-0.15, -0.1) is 0 Å². The quantitative estimate of drug-likeness (QED) is 0.182. The standard InChI is InChI=1S/C34H34N2O5/c1-39-31-21-25-16-18-36(23-28(25)22-32(31)40-2)17-7-19-41-30-14-12-29(13-15-30)35-34(38)27-11-6-10-26(20-27)33(37)24-8-4-3-5-9-24/h3-6,8-15,20-22H,7,16-19,23H2,1-2H3,(H,35,38). The first-order valence-electron chi connectivity index (χ1n) is 13.7. The molecule has 1 heterocycles. The Bertz CT molecular complexity index is 1500. The first kappa shape index (κ1) is 27.9. The Kier molecular flexibility index (Phi) is 8.96. The molecule has 4 aromatic rings. The Labute approximate surface area is 240 Å². The van der Waals surface area contributed by atoms with Crippen molar-refractivity contribution in [2.45, 2.75) is 19.4 Å². The molecule has 0 aromatic heterocycles. The van der Waals surface area contributed by atoms with Gasteiger partial charge in [0.1, 0.15) is 5.75 Å². The molecule has 0 atom stereocenters. The van der Waals surface area contributed by atoms with E-state index in [-0.39, 0.29) is 11.7 Å². The van der Waals surface area contributed by atoms with Crippen LogP contribution in [0.1, 0.15) is 43.8 Å². The highest BCUT2D eigenvalue weighted by Crippen LogP contribution is 2.33. The molecule has 1 amide bonds. The van der Waals surface area contributed by atoms with Crippen molar-refractivity contribution in [3.8, 4) is 17.2 Å². The Morgan fingerprint density at radius 3 is 2.20 bits per heavy atom. The molecule has 0 fully saturated rings. The predicted molar refractivity (Wildman–Crippen MR) is 159 cm³/mol. The summed E-state index contributed by atoms with van der Waals surface area (Å²) in [6.07, 6.45) is 1.89. The van der Waals surface area contributed by atoms with Gasteiger partial charge in [0.15, 0.2) is 17.3 Å². The fourth-order valence-corrected chi connectivity index (χ4v) is 5.01. The lowest BCUT2D eigenvalue weighted by Crippen LogP contribution is -2.32. The third-order valence-electron chi connectivity index (χ3n) is 7.22. The van der Waals surface area contributed by atoms with Crippen molar-refractivity contribution in [2.75, 3.05) is 39.2 Å². The summed E-state index contributed by atoms with van der Waals surface area (Å²) in [6.45, 7) is 3.42. The second-order valence-corrected chi connectivity index (χ2v) is 9.96. The number of hydrogen-bond acceptors (Lipinski definition) is 6. The van der Waals surface area contributed by atoms with Crippen LogP contribution in [-0.2, 0) is 13.0 Å². The molecule has 41 heavy (non-hydrogen) atoms. The van der Waals surface area contributed by atoms with Gasteiger partial charge in [-0.3, -0.25) is 14.5 Å². The van der Waals surface area contributed by atoms with Gasteiger partial charge >= 0.3 is 0 Å². The summed E-state index contributed by atoms with van der Waals surface area (Å²) < 4.78 is 16.9. The summed E-state index contributed by atoms with van der Waals surface area (Å²) in [5.41, 5.74) is 4.73. The number of fused-ring (bicyclic) bond motifs is 1. The van der Waals surface area contributed by atoms with Crippen LogP contribution in [0.5, 0.6) is 17.2 Å². The van der Waals surface area contributed by atoms with E-state index in [1.807, 2.05) is 42.5 Å². The zero-order valence-electron chi connectivity index (χ0n) is 23.4. The molecule has 1 aliphatic heterocycles. The van der Waals surface area contributed by atoms with Crippen LogP contribution in [0.25, 0.3) is 0 Å². The molecule has 0 bridgehead atoms. The van der Waals surface area contributed by atoms with Crippen LogP contribution in [0.4, 0.5) is 5.69 Å². The highest BCUT2D eigenvalue weighted by molar-refractivity contribution is 6.11. The topological polar surface area (TPSA) is 77.1 Å². The Balaban J connectivity index is 1.08. The van der Waals surface area contributed by atoms with Crippen molar-refractivity contribution >= 4 is 17.4 Å². The first-order chi connectivity index (χ1) is 20.0. The van der Waals surface area contributed by atoms with E-state index in [2.05, 4.69) is 22.3 Å². The van der Waals surface area contributed by atoms with Crippen LogP contribution >= 0.6 is 0 Å². The maximum Gasteiger partial charge on any atom is 0.255 e. The second-order valence-electron chi connectivity index (χ2n) is 9.96. The lowest BCUT2D eigenvalue weighted by atomic mass is 9.98. The van der Waals surface area contributed by atoms with Crippen molar-refractivity contribution in [3.63, 3.8) is 0 Å². The molecule has 7 nitrogen and oxygen atoms in total. The zero-order valence-corrected chi connectivity index (χ0v) is 23.4. The fraction of sp³-hybridized carbons (Fsp3) is 0.235. The van der Waals surface area contributed by atoms with E-state index in [0.717, 1.165) is 49.7 Å². The summed E-state index contributed by atoms with van der Waals surface area (Å²) in [6, 6.07) is 27.3. The number of nitrogens with zero attached hydrogens (tertiary/aromatic N) is 1. The van der Waals surface area contributed by atoms with Crippen LogP contribution in [0.15, 0.2) is 91.0 Å². The van der Waals surface area contributed by atoms with Crippen molar-refractivity contribution in [1.82, 2.24) is 4.90 Å². The van der Waals surface area contributed by atoms with E-state index < -0.39 is 0 Å². The number of ether oxygens (including phenoxy) is 3. The molecule has 0 radical (unpaired) electrons. The first-order valence-corrected chi connectivity index (χ1v) is 13.7. The van der Waals surface area contributed by atoms with Gasteiger partial charge in [0.25, 0.3) is 5.91 Å². The molecule has 1 aliphatic rings. The van der Waals surface area contributed by atoms with Gasteiger partial charge in [0, 0.05) is 42.0 Å². The largest absolute Gasteiger partial charge is 0.494 e. The molecule has 4 aromatic carbocycles. The van der Waals surface area contributed by atoms with E-state index in [1.165, 1.54) is 11.1 Å². The minimum atomic E-state index is -0.277. The van der Waals surface area contributed by atoms with E-state index >= 15 is 0 Å². The number of carbonyl (C=O) groups excluding carboxylic acids is 2. The van der Waals surface area contributed by atoms with Crippen molar-refractivity contribution < 1.29 is 23.8 Å². The van der Waals surface area contributed by atoms with Gasteiger partial charge < -0.3 is 19.5 Å². The number of rotatable bonds is 11. The van der Waals surface area contributed by atoms with Crippen LogP contribution in [-0.4, -0.2) is 50.5 Å².